The maximum atomic E-state index is 12.7. The minimum atomic E-state index is -1.34. The van der Waals surface area contributed by atoms with Gasteiger partial charge in [0.15, 0.2) is 23.0 Å². The van der Waals surface area contributed by atoms with Crippen LogP contribution < -0.4 is 18.9 Å². The lowest BCUT2D eigenvalue weighted by Gasteiger charge is -2.26. The molecule has 2 aromatic rings. The van der Waals surface area contributed by atoms with Gasteiger partial charge in [-0.25, -0.2) is 9.59 Å². The van der Waals surface area contributed by atoms with E-state index in [0.717, 1.165) is 74.6 Å². The number of carbonyl (C=O) groups is 3. The number of rotatable bonds is 25. The lowest BCUT2D eigenvalue weighted by atomic mass is 9.93. The number of allylic oxidation sites excluding steroid dienone is 1. The Labute approximate surface area is 302 Å². The minimum absolute atomic E-state index is 0.231. The van der Waals surface area contributed by atoms with Gasteiger partial charge in [0, 0.05) is 17.7 Å². The van der Waals surface area contributed by atoms with Crippen molar-refractivity contribution in [2.75, 3.05) is 47.8 Å². The highest BCUT2D eigenvalue weighted by Gasteiger charge is 2.38. The second kappa shape index (κ2) is 23.3. The first kappa shape index (κ1) is 42.0. The number of terminal acetylenes is 1. The van der Waals surface area contributed by atoms with Gasteiger partial charge in [0.25, 0.3) is 0 Å². The lowest BCUT2D eigenvalue weighted by molar-refractivity contribution is -0.167. The molecule has 10 nitrogen and oxygen atoms in total. The normalized spacial score (nSPS) is 11.1. The van der Waals surface area contributed by atoms with Crippen LogP contribution in [-0.4, -0.2) is 65.7 Å². The minimum Gasteiger partial charge on any atom is -0.493 e. The van der Waals surface area contributed by atoms with E-state index >= 15 is 0 Å². The van der Waals surface area contributed by atoms with Crippen LogP contribution in [0.15, 0.2) is 61.7 Å². The third-order valence-electron chi connectivity index (χ3n) is 8.02. The summed E-state index contributed by atoms with van der Waals surface area (Å²) < 4.78 is 37.8. The molecule has 51 heavy (non-hydrogen) atoms. The summed E-state index contributed by atoms with van der Waals surface area (Å²) >= 11 is 0. The first-order chi connectivity index (χ1) is 24.6. The molecule has 0 heterocycles. The highest BCUT2D eigenvalue weighted by molar-refractivity contribution is 5.91. The molecule has 0 radical (unpaired) electrons. The molecule has 0 unspecified atom stereocenters. The third-order valence-corrected chi connectivity index (χ3v) is 8.02. The Morgan fingerprint density at radius 2 is 1.20 bits per heavy atom. The maximum Gasteiger partial charge on any atom is 0.330 e. The van der Waals surface area contributed by atoms with E-state index in [2.05, 4.69) is 19.1 Å². The Morgan fingerprint density at radius 1 is 0.686 bits per heavy atom. The number of unbranched alkanes of at least 4 members (excludes halogenated alkanes) is 8. The SMILES string of the molecule is C#C/C(=C\c1ccc(OCCCCCCCCCCCOC(=O)C(C)(COC(=O)C=C)COC(=O)C=C)c(OC)c1)c1ccc(OC)c(OC)c1. The summed E-state index contributed by atoms with van der Waals surface area (Å²) in [5, 5.41) is 0. The Hall–Kier alpha value is -5.17. The summed E-state index contributed by atoms with van der Waals surface area (Å²) in [6.45, 7) is 8.41. The van der Waals surface area contributed by atoms with E-state index in [1.54, 1.807) is 21.3 Å². The monoisotopic (exact) mass is 704 g/mol. The summed E-state index contributed by atoms with van der Waals surface area (Å²) in [4.78, 5) is 35.7. The van der Waals surface area contributed by atoms with Crippen LogP contribution in [0.4, 0.5) is 0 Å². The van der Waals surface area contributed by atoms with Crippen LogP contribution in [-0.2, 0) is 28.6 Å². The number of esters is 3. The molecule has 0 spiro atoms. The average Bonchev–Trinajstić information content (AvgIpc) is 3.16. The van der Waals surface area contributed by atoms with Crippen molar-refractivity contribution in [2.45, 2.75) is 64.7 Å². The predicted octanol–water partition coefficient (Wildman–Crippen LogP) is 7.78. The molecule has 0 aliphatic carbocycles. The van der Waals surface area contributed by atoms with Gasteiger partial charge in [0.2, 0.25) is 0 Å². The zero-order valence-electron chi connectivity index (χ0n) is 30.5. The molecule has 0 aliphatic rings. The quantitative estimate of drug-likeness (QED) is 0.0253. The maximum absolute atomic E-state index is 12.7. The van der Waals surface area contributed by atoms with E-state index < -0.39 is 23.3 Å². The van der Waals surface area contributed by atoms with Crippen molar-refractivity contribution < 1.29 is 47.5 Å². The molecule has 0 amide bonds. The van der Waals surface area contributed by atoms with Crippen molar-refractivity contribution in [3.05, 3.63) is 72.8 Å². The molecule has 0 N–H and O–H groups in total. The summed E-state index contributed by atoms with van der Waals surface area (Å²) in [7, 11) is 4.80. The number of carbonyl (C=O) groups excluding carboxylic acids is 3. The molecule has 0 aliphatic heterocycles. The van der Waals surface area contributed by atoms with Crippen molar-refractivity contribution in [3.8, 4) is 35.3 Å². The van der Waals surface area contributed by atoms with E-state index in [4.69, 9.17) is 39.6 Å². The van der Waals surface area contributed by atoms with Crippen molar-refractivity contribution >= 4 is 29.6 Å². The van der Waals surface area contributed by atoms with Gasteiger partial charge >= 0.3 is 17.9 Å². The zero-order valence-corrected chi connectivity index (χ0v) is 30.5. The van der Waals surface area contributed by atoms with Gasteiger partial charge in [-0.1, -0.05) is 70.1 Å². The lowest BCUT2D eigenvalue weighted by Crippen LogP contribution is -2.40. The van der Waals surface area contributed by atoms with Crippen LogP contribution in [0.2, 0.25) is 0 Å². The molecule has 0 bridgehead atoms. The number of methoxy groups -OCH3 is 3. The fourth-order valence-corrected chi connectivity index (χ4v) is 4.97. The van der Waals surface area contributed by atoms with Crippen molar-refractivity contribution in [3.63, 3.8) is 0 Å². The van der Waals surface area contributed by atoms with Crippen LogP contribution in [0, 0.1) is 17.8 Å². The molecule has 0 atom stereocenters. The Balaban J connectivity index is 1.66. The predicted molar refractivity (Wildman–Crippen MR) is 198 cm³/mol. The fraction of sp³-hybridized carbons (Fsp3) is 0.439. The van der Waals surface area contributed by atoms with E-state index in [9.17, 15) is 14.4 Å². The van der Waals surface area contributed by atoms with Crippen molar-refractivity contribution in [1.82, 2.24) is 0 Å². The fourth-order valence-electron chi connectivity index (χ4n) is 4.97. The molecule has 276 valence electrons. The third kappa shape index (κ3) is 14.7. The van der Waals surface area contributed by atoms with Gasteiger partial charge in [-0.2, -0.15) is 0 Å². The summed E-state index contributed by atoms with van der Waals surface area (Å²) in [5.74, 6) is 3.35. The van der Waals surface area contributed by atoms with E-state index in [0.29, 0.717) is 41.6 Å². The molecular formula is C41H52O10. The van der Waals surface area contributed by atoms with E-state index in [1.807, 2.05) is 42.5 Å². The van der Waals surface area contributed by atoms with Gasteiger partial charge in [0.05, 0.1) is 34.5 Å². The van der Waals surface area contributed by atoms with Gasteiger partial charge in [-0.15, -0.1) is 6.42 Å². The second-order valence-corrected chi connectivity index (χ2v) is 12.0. The molecule has 0 saturated heterocycles. The van der Waals surface area contributed by atoms with Crippen LogP contribution in [0.1, 0.15) is 75.8 Å². The topological polar surface area (TPSA) is 116 Å². The summed E-state index contributed by atoms with van der Waals surface area (Å²) in [5.41, 5.74) is 1.09. The second-order valence-electron chi connectivity index (χ2n) is 12.0. The molecule has 0 aromatic heterocycles. The van der Waals surface area contributed by atoms with Crippen LogP contribution in [0.25, 0.3) is 11.6 Å². The van der Waals surface area contributed by atoms with Crippen molar-refractivity contribution in [2.24, 2.45) is 5.41 Å². The average molecular weight is 705 g/mol. The van der Waals surface area contributed by atoms with E-state index in [-0.39, 0.29) is 19.8 Å². The van der Waals surface area contributed by atoms with Crippen LogP contribution >= 0.6 is 0 Å². The Morgan fingerprint density at radius 3 is 1.73 bits per heavy atom. The van der Waals surface area contributed by atoms with Gasteiger partial charge in [-0.3, -0.25) is 4.79 Å². The molecule has 2 rings (SSSR count). The van der Waals surface area contributed by atoms with Crippen LogP contribution in [0.5, 0.6) is 23.0 Å². The smallest absolute Gasteiger partial charge is 0.330 e. The number of hydrogen-bond donors (Lipinski definition) is 0. The number of hydrogen-bond acceptors (Lipinski definition) is 10. The van der Waals surface area contributed by atoms with E-state index in [1.165, 1.54) is 6.92 Å². The Bertz CT molecular complexity index is 1490. The molecule has 10 heteroatoms. The van der Waals surface area contributed by atoms with Gasteiger partial charge < -0.3 is 33.2 Å². The number of ether oxygens (including phenoxy) is 7. The molecule has 2 aromatic carbocycles. The van der Waals surface area contributed by atoms with Crippen LogP contribution in [0.3, 0.4) is 0 Å². The summed E-state index contributed by atoms with van der Waals surface area (Å²) in [6, 6.07) is 11.3. The summed E-state index contributed by atoms with van der Waals surface area (Å²) in [6.07, 6.45) is 18.9. The van der Waals surface area contributed by atoms with Crippen molar-refractivity contribution in [1.29, 1.82) is 0 Å². The largest absolute Gasteiger partial charge is 0.493 e. The molecule has 0 fully saturated rings. The first-order valence-corrected chi connectivity index (χ1v) is 17.1. The van der Waals surface area contributed by atoms with Gasteiger partial charge in [0.1, 0.15) is 18.6 Å². The molecular weight excluding hydrogens is 652 g/mol. The Kier molecular flexibility index (Phi) is 19.2. The first-order valence-electron chi connectivity index (χ1n) is 17.1. The highest BCUT2D eigenvalue weighted by Crippen LogP contribution is 2.33. The molecule has 0 saturated carbocycles. The highest BCUT2D eigenvalue weighted by atomic mass is 16.6. The standard InChI is InChI=1S/C41H52O10/c1-8-32(33-21-23-34(45-5)37(28-33)47-7)26-31-20-22-35(36(27-31)46-6)48-24-18-16-14-12-11-13-15-17-19-25-49-40(44)41(4,29-50-38(42)9-2)30-51-39(43)10-3/h1,9-10,20-23,26-28H,2-3,11-19,24-25,29-30H2,4-7H3/b32-26+. The zero-order chi connectivity index (χ0) is 37.5. The van der Waals surface area contributed by atoms with Gasteiger partial charge in [-0.05, 0) is 67.3 Å². The number of benzene rings is 2.